The lowest BCUT2D eigenvalue weighted by molar-refractivity contribution is 0.240. The number of aromatic nitrogens is 2. The predicted molar refractivity (Wildman–Crippen MR) is 72.0 cm³/mol. The van der Waals surface area contributed by atoms with Crippen molar-refractivity contribution in [2.45, 2.75) is 13.3 Å². The molecule has 1 aromatic carbocycles. The van der Waals surface area contributed by atoms with Crippen LogP contribution >= 0.6 is 0 Å². The molecule has 3 aromatic rings. The van der Waals surface area contributed by atoms with Crippen molar-refractivity contribution in [2.75, 3.05) is 0 Å². The van der Waals surface area contributed by atoms with Gasteiger partial charge in [0.2, 0.25) is 5.76 Å². The van der Waals surface area contributed by atoms with Gasteiger partial charge in [0.05, 0.1) is 0 Å². The number of fused-ring (bicyclic) bond motifs is 1. The number of rotatable bonds is 4. The van der Waals surface area contributed by atoms with Gasteiger partial charge in [-0.05, 0) is 12.1 Å². The van der Waals surface area contributed by atoms with Crippen LogP contribution in [0.2, 0.25) is 0 Å². The molecular weight excluding hydrogens is 260 g/mol. The first-order valence-electron chi connectivity index (χ1n) is 6.10. The van der Waals surface area contributed by atoms with Gasteiger partial charge in [0.15, 0.2) is 5.82 Å². The molecule has 2 heterocycles. The number of hydroxylamine groups is 1. The van der Waals surface area contributed by atoms with Crippen molar-refractivity contribution in [1.82, 2.24) is 15.6 Å². The molecule has 0 spiro atoms. The molecule has 2 N–H and O–H groups in total. The van der Waals surface area contributed by atoms with Crippen LogP contribution in [0.15, 0.2) is 38.2 Å². The van der Waals surface area contributed by atoms with Crippen LogP contribution in [0.5, 0.6) is 0 Å². The molecule has 102 valence electrons. The van der Waals surface area contributed by atoms with E-state index in [0.29, 0.717) is 29.3 Å². The van der Waals surface area contributed by atoms with Crippen LogP contribution in [0.25, 0.3) is 22.6 Å². The molecule has 0 amide bonds. The molecular formula is C13H12N4O3. The Hall–Kier alpha value is -2.67. The average Bonchev–Trinajstić information content (AvgIpc) is 3.09. The SMILES string of the molecule is CCc1noc(-c2oc3ccccc3c2N=CNO)n1. The van der Waals surface area contributed by atoms with Crippen molar-refractivity contribution in [1.29, 1.82) is 0 Å². The summed E-state index contributed by atoms with van der Waals surface area (Å²) < 4.78 is 10.9. The number of nitrogens with one attached hydrogen (secondary N) is 1. The molecule has 0 saturated heterocycles. The summed E-state index contributed by atoms with van der Waals surface area (Å²) in [6.07, 6.45) is 1.82. The number of para-hydroxylation sites is 1. The van der Waals surface area contributed by atoms with Crippen LogP contribution in [0.4, 0.5) is 5.69 Å². The van der Waals surface area contributed by atoms with Gasteiger partial charge in [-0.15, -0.1) is 0 Å². The minimum Gasteiger partial charge on any atom is -0.449 e. The Labute approximate surface area is 113 Å². The molecule has 0 aliphatic rings. The molecule has 7 nitrogen and oxygen atoms in total. The second-order valence-electron chi connectivity index (χ2n) is 4.03. The van der Waals surface area contributed by atoms with E-state index in [1.54, 1.807) is 0 Å². The van der Waals surface area contributed by atoms with Gasteiger partial charge >= 0.3 is 0 Å². The summed E-state index contributed by atoms with van der Waals surface area (Å²) in [7, 11) is 0. The van der Waals surface area contributed by atoms with Crippen molar-refractivity contribution in [3.8, 4) is 11.7 Å². The molecule has 20 heavy (non-hydrogen) atoms. The van der Waals surface area contributed by atoms with Gasteiger partial charge in [-0.1, -0.05) is 24.2 Å². The highest BCUT2D eigenvalue weighted by molar-refractivity contribution is 5.97. The molecule has 0 unspecified atom stereocenters. The van der Waals surface area contributed by atoms with E-state index >= 15 is 0 Å². The van der Waals surface area contributed by atoms with Crippen LogP contribution in [0.3, 0.4) is 0 Å². The van der Waals surface area contributed by atoms with Crippen molar-refractivity contribution >= 4 is 23.0 Å². The van der Waals surface area contributed by atoms with Crippen molar-refractivity contribution < 1.29 is 14.1 Å². The molecule has 0 aliphatic heterocycles. The molecule has 0 bridgehead atoms. The third-order valence-electron chi connectivity index (χ3n) is 2.80. The van der Waals surface area contributed by atoms with Crippen molar-refractivity contribution in [3.63, 3.8) is 0 Å². The summed E-state index contributed by atoms with van der Waals surface area (Å²) in [5.41, 5.74) is 3.04. The molecule has 0 radical (unpaired) electrons. The smallest absolute Gasteiger partial charge is 0.295 e. The minimum atomic E-state index is 0.267. The highest BCUT2D eigenvalue weighted by atomic mass is 16.5. The van der Waals surface area contributed by atoms with Crippen molar-refractivity contribution in [3.05, 3.63) is 30.1 Å². The molecule has 0 atom stereocenters. The second kappa shape index (κ2) is 5.14. The quantitative estimate of drug-likeness (QED) is 0.430. The molecule has 3 rings (SSSR count). The maximum atomic E-state index is 8.66. The highest BCUT2D eigenvalue weighted by Crippen LogP contribution is 2.39. The van der Waals surface area contributed by atoms with Gasteiger partial charge in [0.1, 0.15) is 17.6 Å². The summed E-state index contributed by atoms with van der Waals surface area (Å²) in [6, 6.07) is 7.42. The van der Waals surface area contributed by atoms with E-state index < -0.39 is 0 Å². The highest BCUT2D eigenvalue weighted by Gasteiger charge is 2.20. The number of hydrogen-bond acceptors (Lipinski definition) is 6. The lowest BCUT2D eigenvalue weighted by Gasteiger charge is -1.92. The molecule has 7 heteroatoms. The Kier molecular flexibility index (Phi) is 3.18. The summed E-state index contributed by atoms with van der Waals surface area (Å²) >= 11 is 0. The molecule has 0 saturated carbocycles. The number of nitrogens with zero attached hydrogens (tertiary/aromatic N) is 3. The summed E-state index contributed by atoms with van der Waals surface area (Å²) in [6.45, 7) is 1.93. The lowest BCUT2D eigenvalue weighted by atomic mass is 10.2. The van der Waals surface area contributed by atoms with Crippen molar-refractivity contribution in [2.24, 2.45) is 4.99 Å². The van der Waals surface area contributed by atoms with Crippen LogP contribution < -0.4 is 5.48 Å². The Bertz CT molecular complexity index is 760. The zero-order valence-corrected chi connectivity index (χ0v) is 10.7. The van der Waals surface area contributed by atoms with Crippen LogP contribution in [-0.2, 0) is 6.42 Å². The van der Waals surface area contributed by atoms with Gasteiger partial charge in [-0.2, -0.15) is 4.98 Å². The van der Waals surface area contributed by atoms with E-state index in [2.05, 4.69) is 15.1 Å². The Morgan fingerprint density at radius 3 is 3.00 bits per heavy atom. The average molecular weight is 272 g/mol. The van der Waals surface area contributed by atoms with Gasteiger partial charge in [0.25, 0.3) is 5.89 Å². The first-order chi connectivity index (χ1) is 9.83. The van der Waals surface area contributed by atoms with Gasteiger partial charge in [0, 0.05) is 11.8 Å². The number of furan rings is 1. The van der Waals surface area contributed by atoms with E-state index in [1.165, 1.54) is 0 Å². The number of benzene rings is 1. The third-order valence-corrected chi connectivity index (χ3v) is 2.80. The maximum absolute atomic E-state index is 8.66. The molecule has 0 aliphatic carbocycles. The van der Waals surface area contributed by atoms with Gasteiger partial charge in [-0.3, -0.25) is 10.7 Å². The van der Waals surface area contributed by atoms with E-state index in [0.717, 1.165) is 11.7 Å². The first-order valence-corrected chi connectivity index (χ1v) is 6.10. The van der Waals surface area contributed by atoms with Gasteiger partial charge < -0.3 is 8.94 Å². The van der Waals surface area contributed by atoms with E-state index in [9.17, 15) is 0 Å². The van der Waals surface area contributed by atoms with E-state index in [1.807, 2.05) is 36.7 Å². The molecule has 2 aromatic heterocycles. The Morgan fingerprint density at radius 1 is 1.40 bits per heavy atom. The fourth-order valence-electron chi connectivity index (χ4n) is 1.89. The monoisotopic (exact) mass is 272 g/mol. The Balaban J connectivity index is 2.20. The van der Waals surface area contributed by atoms with Crippen LogP contribution in [-0.4, -0.2) is 21.7 Å². The van der Waals surface area contributed by atoms with Crippen LogP contribution in [0, 0.1) is 0 Å². The fraction of sp³-hybridized carbons (Fsp3) is 0.154. The zero-order valence-electron chi connectivity index (χ0n) is 10.7. The largest absolute Gasteiger partial charge is 0.449 e. The predicted octanol–water partition coefficient (Wildman–Crippen LogP) is 2.68. The molecule has 0 fully saturated rings. The summed E-state index contributed by atoms with van der Waals surface area (Å²) in [5.74, 6) is 1.24. The topological polar surface area (TPSA) is 96.7 Å². The normalized spacial score (nSPS) is 11.5. The number of aryl methyl sites for hydroxylation is 1. The second-order valence-corrected chi connectivity index (χ2v) is 4.03. The maximum Gasteiger partial charge on any atom is 0.295 e. The van der Waals surface area contributed by atoms with E-state index in [4.69, 9.17) is 14.1 Å². The minimum absolute atomic E-state index is 0.267. The number of hydrogen-bond donors (Lipinski definition) is 2. The summed E-state index contributed by atoms with van der Waals surface area (Å²) in [5, 5.41) is 13.3. The number of aliphatic imine (C=N–C) groups is 1. The summed E-state index contributed by atoms with van der Waals surface area (Å²) in [4.78, 5) is 8.35. The lowest BCUT2D eigenvalue weighted by Crippen LogP contribution is -2.00. The Morgan fingerprint density at radius 2 is 2.25 bits per heavy atom. The first kappa shape index (κ1) is 12.4. The third kappa shape index (κ3) is 2.04. The van der Waals surface area contributed by atoms with Crippen LogP contribution in [0.1, 0.15) is 12.7 Å². The zero-order chi connectivity index (χ0) is 13.9. The van der Waals surface area contributed by atoms with E-state index in [-0.39, 0.29) is 5.89 Å². The fourth-order valence-corrected chi connectivity index (χ4v) is 1.89. The van der Waals surface area contributed by atoms with Gasteiger partial charge in [-0.25, -0.2) is 4.99 Å². The standard InChI is InChI=1S/C13H12N4O3/c1-2-10-16-13(20-17-10)12-11(14-7-15-18)8-5-3-4-6-9(8)19-12/h3-7,18H,2H2,1H3,(H,14,15).